The van der Waals surface area contributed by atoms with Crippen LogP contribution in [0.1, 0.15) is 13.3 Å². The van der Waals surface area contributed by atoms with Gasteiger partial charge < -0.3 is 20.5 Å². The van der Waals surface area contributed by atoms with E-state index < -0.39 is 6.03 Å². The standard InChI is InChI=1S/C12H15ClN2O4/c1-2-19-11(17)5-6-14-12(18)15-10-4-3-8(16)7-9(10)13/h3-4,7,16H,2,5-6H2,1H3,(H2,14,15,18). The first-order valence-electron chi connectivity index (χ1n) is 5.72. The molecule has 0 saturated heterocycles. The van der Waals surface area contributed by atoms with E-state index in [4.69, 9.17) is 21.4 Å². The summed E-state index contributed by atoms with van der Waals surface area (Å²) in [5.41, 5.74) is 0.369. The summed E-state index contributed by atoms with van der Waals surface area (Å²) >= 11 is 5.82. The summed E-state index contributed by atoms with van der Waals surface area (Å²) < 4.78 is 4.71. The van der Waals surface area contributed by atoms with Crippen LogP contribution in [0.25, 0.3) is 0 Å². The zero-order valence-electron chi connectivity index (χ0n) is 10.4. The van der Waals surface area contributed by atoms with Crippen molar-refractivity contribution in [3.05, 3.63) is 23.2 Å². The van der Waals surface area contributed by atoms with Crippen molar-refractivity contribution in [1.82, 2.24) is 5.32 Å². The fourth-order valence-corrected chi connectivity index (χ4v) is 1.51. The zero-order chi connectivity index (χ0) is 14.3. The van der Waals surface area contributed by atoms with Gasteiger partial charge in [-0.3, -0.25) is 4.79 Å². The molecular formula is C12H15ClN2O4. The number of nitrogens with one attached hydrogen (secondary N) is 2. The highest BCUT2D eigenvalue weighted by atomic mass is 35.5. The number of aromatic hydroxyl groups is 1. The van der Waals surface area contributed by atoms with Crippen LogP contribution in [0.3, 0.4) is 0 Å². The van der Waals surface area contributed by atoms with Gasteiger partial charge in [-0.25, -0.2) is 4.79 Å². The monoisotopic (exact) mass is 286 g/mol. The second-order valence-corrected chi connectivity index (χ2v) is 4.01. The van der Waals surface area contributed by atoms with Crippen molar-refractivity contribution in [3.8, 4) is 5.75 Å². The van der Waals surface area contributed by atoms with Crippen molar-refractivity contribution in [2.45, 2.75) is 13.3 Å². The number of amides is 2. The van der Waals surface area contributed by atoms with E-state index in [-0.39, 0.29) is 29.7 Å². The van der Waals surface area contributed by atoms with E-state index in [1.165, 1.54) is 18.2 Å². The van der Waals surface area contributed by atoms with Gasteiger partial charge in [-0.2, -0.15) is 0 Å². The van der Waals surface area contributed by atoms with Crippen LogP contribution >= 0.6 is 11.6 Å². The Hall–Kier alpha value is -1.95. The molecule has 0 saturated carbocycles. The highest BCUT2D eigenvalue weighted by molar-refractivity contribution is 6.33. The minimum absolute atomic E-state index is 0.0123. The van der Waals surface area contributed by atoms with Crippen LogP contribution in [0.15, 0.2) is 18.2 Å². The SMILES string of the molecule is CCOC(=O)CCNC(=O)Nc1ccc(O)cc1Cl. The number of benzene rings is 1. The molecule has 6 nitrogen and oxygen atoms in total. The molecule has 0 heterocycles. The third-order valence-electron chi connectivity index (χ3n) is 2.12. The summed E-state index contributed by atoms with van der Waals surface area (Å²) in [4.78, 5) is 22.5. The molecule has 1 rings (SSSR count). The highest BCUT2D eigenvalue weighted by Gasteiger charge is 2.07. The van der Waals surface area contributed by atoms with E-state index in [1.807, 2.05) is 0 Å². The van der Waals surface area contributed by atoms with Crippen LogP contribution in [-0.2, 0) is 9.53 Å². The molecule has 0 aliphatic carbocycles. The number of hydrogen-bond donors (Lipinski definition) is 3. The van der Waals surface area contributed by atoms with Gasteiger partial charge in [0.15, 0.2) is 0 Å². The van der Waals surface area contributed by atoms with Crippen molar-refractivity contribution >= 4 is 29.3 Å². The van der Waals surface area contributed by atoms with E-state index in [9.17, 15) is 9.59 Å². The van der Waals surface area contributed by atoms with Crippen molar-refractivity contribution in [2.75, 3.05) is 18.5 Å². The summed E-state index contributed by atoms with van der Waals surface area (Å²) in [5, 5.41) is 14.4. The molecule has 0 spiro atoms. The minimum atomic E-state index is -0.489. The molecule has 0 fully saturated rings. The lowest BCUT2D eigenvalue weighted by atomic mass is 10.3. The molecular weight excluding hydrogens is 272 g/mol. The fourth-order valence-electron chi connectivity index (χ4n) is 1.28. The molecule has 0 aliphatic heterocycles. The van der Waals surface area contributed by atoms with Crippen LogP contribution in [0.2, 0.25) is 5.02 Å². The average molecular weight is 287 g/mol. The second-order valence-electron chi connectivity index (χ2n) is 3.60. The molecule has 104 valence electrons. The Kier molecular flexibility index (Phi) is 5.95. The van der Waals surface area contributed by atoms with Crippen molar-refractivity contribution in [3.63, 3.8) is 0 Å². The predicted molar refractivity (Wildman–Crippen MR) is 71.4 cm³/mol. The molecule has 3 N–H and O–H groups in total. The number of esters is 1. The normalized spacial score (nSPS) is 9.79. The third kappa shape index (κ3) is 5.48. The van der Waals surface area contributed by atoms with Crippen molar-refractivity contribution in [2.24, 2.45) is 0 Å². The van der Waals surface area contributed by atoms with Gasteiger partial charge in [0.05, 0.1) is 23.7 Å². The number of carbonyl (C=O) groups excluding carboxylic acids is 2. The molecule has 7 heteroatoms. The van der Waals surface area contributed by atoms with Gasteiger partial charge in [-0.1, -0.05) is 11.6 Å². The minimum Gasteiger partial charge on any atom is -0.508 e. The molecule has 0 unspecified atom stereocenters. The van der Waals surface area contributed by atoms with Crippen LogP contribution < -0.4 is 10.6 Å². The van der Waals surface area contributed by atoms with E-state index >= 15 is 0 Å². The Labute approximate surface area is 115 Å². The first-order valence-corrected chi connectivity index (χ1v) is 6.09. The molecule has 2 amide bonds. The predicted octanol–water partition coefficient (Wildman–Crippen LogP) is 2.12. The maximum Gasteiger partial charge on any atom is 0.319 e. The zero-order valence-corrected chi connectivity index (χ0v) is 11.2. The first-order chi connectivity index (χ1) is 9.02. The van der Waals surface area contributed by atoms with Gasteiger partial charge in [0.2, 0.25) is 0 Å². The number of carbonyl (C=O) groups is 2. The van der Waals surface area contributed by atoms with Gasteiger partial charge in [0, 0.05) is 12.6 Å². The number of hydrogen-bond acceptors (Lipinski definition) is 4. The van der Waals surface area contributed by atoms with Gasteiger partial charge in [-0.05, 0) is 19.1 Å². The Morgan fingerprint density at radius 1 is 1.42 bits per heavy atom. The Morgan fingerprint density at radius 3 is 2.79 bits per heavy atom. The first kappa shape index (κ1) is 15.1. The summed E-state index contributed by atoms with van der Waals surface area (Å²) in [6.45, 7) is 2.19. The van der Waals surface area contributed by atoms with Gasteiger partial charge in [0.25, 0.3) is 0 Å². The molecule has 0 radical (unpaired) electrons. The number of anilines is 1. The maximum atomic E-state index is 11.5. The Bertz CT molecular complexity index is 465. The summed E-state index contributed by atoms with van der Waals surface area (Å²) in [6, 6.07) is 3.70. The van der Waals surface area contributed by atoms with E-state index in [2.05, 4.69) is 10.6 Å². The molecule has 1 aromatic carbocycles. The topological polar surface area (TPSA) is 87.7 Å². The number of ether oxygens (including phenoxy) is 1. The lowest BCUT2D eigenvalue weighted by Crippen LogP contribution is -2.31. The van der Waals surface area contributed by atoms with Gasteiger partial charge in [0.1, 0.15) is 5.75 Å². The van der Waals surface area contributed by atoms with Gasteiger partial charge in [-0.15, -0.1) is 0 Å². The van der Waals surface area contributed by atoms with Crippen molar-refractivity contribution in [1.29, 1.82) is 0 Å². The lowest BCUT2D eigenvalue weighted by molar-refractivity contribution is -0.142. The average Bonchev–Trinajstić information content (AvgIpc) is 2.33. The molecule has 0 bridgehead atoms. The van der Waals surface area contributed by atoms with Crippen LogP contribution in [0, 0.1) is 0 Å². The van der Waals surface area contributed by atoms with Crippen LogP contribution in [0.5, 0.6) is 5.75 Å². The molecule has 0 aromatic heterocycles. The Morgan fingerprint density at radius 2 is 2.16 bits per heavy atom. The number of phenols is 1. The van der Waals surface area contributed by atoms with E-state index in [0.29, 0.717) is 12.3 Å². The number of halogens is 1. The van der Waals surface area contributed by atoms with Crippen LogP contribution in [-0.4, -0.2) is 30.3 Å². The smallest absolute Gasteiger partial charge is 0.319 e. The quantitative estimate of drug-likeness (QED) is 0.571. The third-order valence-corrected chi connectivity index (χ3v) is 2.43. The summed E-state index contributed by atoms with van der Waals surface area (Å²) in [6.07, 6.45) is 0.102. The van der Waals surface area contributed by atoms with E-state index in [1.54, 1.807) is 6.92 Å². The van der Waals surface area contributed by atoms with Gasteiger partial charge >= 0.3 is 12.0 Å². The summed E-state index contributed by atoms with van der Waals surface area (Å²) in [7, 11) is 0. The maximum absolute atomic E-state index is 11.5. The number of rotatable bonds is 5. The summed E-state index contributed by atoms with van der Waals surface area (Å²) in [5.74, 6) is -0.358. The van der Waals surface area contributed by atoms with Crippen molar-refractivity contribution < 1.29 is 19.4 Å². The highest BCUT2D eigenvalue weighted by Crippen LogP contribution is 2.25. The van der Waals surface area contributed by atoms with Crippen LogP contribution in [0.4, 0.5) is 10.5 Å². The molecule has 0 aliphatic rings. The number of phenolic OH excluding ortho intramolecular Hbond substituents is 1. The largest absolute Gasteiger partial charge is 0.508 e. The second kappa shape index (κ2) is 7.48. The molecule has 19 heavy (non-hydrogen) atoms. The molecule has 1 aromatic rings. The van der Waals surface area contributed by atoms with E-state index in [0.717, 1.165) is 0 Å². The molecule has 0 atom stereocenters. The Balaban J connectivity index is 2.37. The number of urea groups is 1. The lowest BCUT2D eigenvalue weighted by Gasteiger charge is -2.09. The fraction of sp³-hybridized carbons (Fsp3) is 0.333.